The van der Waals surface area contributed by atoms with Gasteiger partial charge in [0.05, 0.1) is 0 Å². The fourth-order valence-corrected chi connectivity index (χ4v) is 0.587. The zero-order chi connectivity index (χ0) is 6.69. The van der Waals surface area contributed by atoms with Gasteiger partial charge in [-0.2, -0.15) is 0 Å². The fraction of sp³-hybridized carbons (Fsp3) is 0.143. The van der Waals surface area contributed by atoms with Crippen LogP contribution in [0.1, 0.15) is 18.7 Å². The van der Waals surface area contributed by atoms with Crippen LogP contribution in [0.15, 0.2) is 24.5 Å². The van der Waals surface area contributed by atoms with Gasteiger partial charge in [-0.3, -0.25) is 9.78 Å². The summed E-state index contributed by atoms with van der Waals surface area (Å²) in [5.41, 5.74) is 0.713. The maximum absolute atomic E-state index is 10.6. The van der Waals surface area contributed by atoms with Crippen molar-refractivity contribution in [3.63, 3.8) is 0 Å². The summed E-state index contributed by atoms with van der Waals surface area (Å²) < 4.78 is 0. The number of pyridine rings is 1. The van der Waals surface area contributed by atoms with Crippen LogP contribution in [0, 0.1) is 0 Å². The molecule has 0 bridgehead atoms. The van der Waals surface area contributed by atoms with Gasteiger partial charge in [0.25, 0.3) is 0 Å². The van der Waals surface area contributed by atoms with Crippen LogP contribution in [-0.2, 0) is 0 Å². The number of carbonyl (C=O) groups excluding carboxylic acids is 1. The van der Waals surface area contributed by atoms with Crippen LogP contribution in [0.2, 0.25) is 0 Å². The third-order valence-electron chi connectivity index (χ3n) is 1.09. The third-order valence-corrected chi connectivity index (χ3v) is 1.09. The molecule has 0 aliphatic rings. The van der Waals surface area contributed by atoms with Crippen molar-refractivity contribution in [2.75, 3.05) is 0 Å². The Hall–Kier alpha value is -0.220. The van der Waals surface area contributed by atoms with Crippen molar-refractivity contribution in [3.05, 3.63) is 30.1 Å². The summed E-state index contributed by atoms with van der Waals surface area (Å²) in [6.45, 7) is 1.54. The molecule has 0 spiro atoms. The minimum Gasteiger partial charge on any atom is -1.00 e. The fourth-order valence-electron chi connectivity index (χ4n) is 0.587. The molecule has 1 aromatic rings. The predicted molar refractivity (Wildman–Crippen MR) is 39.0 cm³/mol. The second-order valence-corrected chi connectivity index (χ2v) is 1.79. The van der Waals surface area contributed by atoms with E-state index in [1.165, 1.54) is 6.92 Å². The van der Waals surface area contributed by atoms with Gasteiger partial charge in [0, 0.05) is 18.0 Å². The van der Waals surface area contributed by atoms with Gasteiger partial charge in [0.2, 0.25) is 0 Å². The van der Waals surface area contributed by atoms with E-state index in [0.717, 1.165) is 0 Å². The van der Waals surface area contributed by atoms with Crippen LogP contribution >= 0.6 is 0 Å². The Morgan fingerprint density at radius 2 is 1.91 bits per heavy atom. The molecule has 1 aromatic heterocycles. The molecular weight excluding hydrogens is 153 g/mol. The minimum absolute atomic E-state index is 0. The summed E-state index contributed by atoms with van der Waals surface area (Å²) in [5, 5.41) is 0. The van der Waals surface area contributed by atoms with Crippen LogP contribution < -0.4 is 29.6 Å². The first-order chi connectivity index (χ1) is 4.30. The molecule has 1 rings (SSSR count). The molecular formula is C7H10NNaO2. The molecule has 2 N–H and O–H groups in total. The zero-order valence-electron chi connectivity index (χ0n) is 7.66. The zero-order valence-corrected chi connectivity index (χ0v) is 8.66. The molecule has 4 heteroatoms. The standard InChI is InChI=1S/C7H7NO.Na.H2O.H/c1-6(9)7-2-4-8-5-3-7;;;/h2-5H,1H3;;1H2;/q;+1;;-1. The quantitative estimate of drug-likeness (QED) is 0.341. The molecule has 0 aliphatic carbocycles. The summed E-state index contributed by atoms with van der Waals surface area (Å²) in [5.74, 6) is 0.0809. The topological polar surface area (TPSA) is 61.5 Å². The molecule has 0 unspecified atom stereocenters. The van der Waals surface area contributed by atoms with Crippen molar-refractivity contribution in [2.45, 2.75) is 6.92 Å². The molecule has 0 amide bonds. The first-order valence-corrected chi connectivity index (χ1v) is 2.71. The van der Waals surface area contributed by atoms with Crippen LogP contribution in [0.4, 0.5) is 0 Å². The third kappa shape index (κ3) is 4.27. The number of hydrogen-bond donors (Lipinski definition) is 0. The Balaban J connectivity index is -0.000000270. The number of carbonyl (C=O) groups is 1. The van der Waals surface area contributed by atoms with E-state index in [0.29, 0.717) is 5.56 Å². The van der Waals surface area contributed by atoms with Gasteiger partial charge in [-0.25, -0.2) is 0 Å². The minimum atomic E-state index is 0. The smallest absolute Gasteiger partial charge is 1.00 e. The van der Waals surface area contributed by atoms with Crippen molar-refractivity contribution in [3.8, 4) is 0 Å². The van der Waals surface area contributed by atoms with Crippen LogP contribution in [0.25, 0.3) is 0 Å². The average Bonchev–Trinajstić information content (AvgIpc) is 1.90. The Labute approximate surface area is 88.9 Å². The van der Waals surface area contributed by atoms with E-state index < -0.39 is 0 Å². The van der Waals surface area contributed by atoms with Crippen molar-refractivity contribution >= 4 is 5.78 Å². The van der Waals surface area contributed by atoms with Gasteiger partial charge in [0.15, 0.2) is 5.78 Å². The molecule has 3 nitrogen and oxygen atoms in total. The Morgan fingerprint density at radius 1 is 1.45 bits per heavy atom. The summed E-state index contributed by atoms with van der Waals surface area (Å²) in [4.78, 5) is 14.4. The van der Waals surface area contributed by atoms with Gasteiger partial charge in [-0.1, -0.05) is 0 Å². The molecule has 0 fully saturated rings. The van der Waals surface area contributed by atoms with Crippen LogP contribution in [-0.4, -0.2) is 16.2 Å². The first kappa shape index (κ1) is 13.4. The van der Waals surface area contributed by atoms with Crippen molar-refractivity contribution < 1.29 is 41.3 Å². The molecule has 0 aromatic carbocycles. The average molecular weight is 163 g/mol. The number of Topliss-reactive ketones (excluding diaryl/α,β-unsaturated/α-hetero) is 1. The van der Waals surface area contributed by atoms with E-state index in [1.54, 1.807) is 24.5 Å². The molecule has 11 heavy (non-hydrogen) atoms. The number of ketones is 1. The predicted octanol–water partition coefficient (Wildman–Crippen LogP) is -2.42. The SMILES string of the molecule is CC(=O)c1ccncc1.O.[H-].[Na+]. The van der Waals surface area contributed by atoms with Gasteiger partial charge in [-0.05, 0) is 19.1 Å². The molecule has 56 valence electrons. The van der Waals surface area contributed by atoms with Crippen LogP contribution in [0.5, 0.6) is 0 Å². The van der Waals surface area contributed by atoms with Crippen molar-refractivity contribution in [1.29, 1.82) is 0 Å². The van der Waals surface area contributed by atoms with E-state index in [2.05, 4.69) is 4.98 Å². The Bertz CT molecular complexity index is 218. The number of hydrogen-bond acceptors (Lipinski definition) is 2. The van der Waals surface area contributed by atoms with E-state index in [-0.39, 0.29) is 42.2 Å². The number of rotatable bonds is 1. The molecule has 0 saturated heterocycles. The van der Waals surface area contributed by atoms with Gasteiger partial charge < -0.3 is 6.90 Å². The normalized spacial score (nSPS) is 7.36. The van der Waals surface area contributed by atoms with Crippen molar-refractivity contribution in [1.82, 2.24) is 4.98 Å². The first-order valence-electron chi connectivity index (χ1n) is 2.71. The second kappa shape index (κ2) is 6.49. The van der Waals surface area contributed by atoms with E-state index in [9.17, 15) is 4.79 Å². The summed E-state index contributed by atoms with van der Waals surface area (Å²) in [6, 6.07) is 3.39. The van der Waals surface area contributed by atoms with Gasteiger partial charge in [-0.15, -0.1) is 0 Å². The van der Waals surface area contributed by atoms with E-state index in [4.69, 9.17) is 0 Å². The number of nitrogens with zero attached hydrogens (tertiary/aromatic N) is 1. The maximum Gasteiger partial charge on any atom is 1.00 e. The van der Waals surface area contributed by atoms with Crippen LogP contribution in [0.3, 0.4) is 0 Å². The van der Waals surface area contributed by atoms with E-state index in [1.807, 2.05) is 0 Å². The largest absolute Gasteiger partial charge is 1.00 e. The molecule has 0 radical (unpaired) electrons. The molecule has 0 aliphatic heterocycles. The Morgan fingerprint density at radius 3 is 2.18 bits per heavy atom. The van der Waals surface area contributed by atoms with E-state index >= 15 is 0 Å². The summed E-state index contributed by atoms with van der Waals surface area (Å²) in [6.07, 6.45) is 3.22. The maximum atomic E-state index is 10.6. The molecule has 0 atom stereocenters. The second-order valence-electron chi connectivity index (χ2n) is 1.79. The van der Waals surface area contributed by atoms with Gasteiger partial charge >= 0.3 is 29.6 Å². The Kier molecular flexibility index (Phi) is 7.89. The summed E-state index contributed by atoms with van der Waals surface area (Å²) >= 11 is 0. The van der Waals surface area contributed by atoms with Crippen molar-refractivity contribution in [2.24, 2.45) is 0 Å². The molecule has 1 heterocycles. The number of aromatic nitrogens is 1. The van der Waals surface area contributed by atoms with Gasteiger partial charge in [0.1, 0.15) is 0 Å². The monoisotopic (exact) mass is 163 g/mol. The summed E-state index contributed by atoms with van der Waals surface area (Å²) in [7, 11) is 0. The molecule has 0 saturated carbocycles.